The fraction of sp³-hybridized carbons (Fsp3) is 0.333. The molecule has 0 aliphatic heterocycles. The number of pyridine rings is 1. The van der Waals surface area contributed by atoms with E-state index < -0.39 is 0 Å². The predicted octanol–water partition coefficient (Wildman–Crippen LogP) is 6.55. The van der Waals surface area contributed by atoms with Gasteiger partial charge in [0.15, 0.2) is 0 Å². The molecule has 0 spiro atoms. The van der Waals surface area contributed by atoms with Gasteiger partial charge in [0.05, 0.1) is 5.52 Å². The van der Waals surface area contributed by atoms with Crippen molar-refractivity contribution in [2.24, 2.45) is 0 Å². The molecule has 3 heterocycles. The van der Waals surface area contributed by atoms with Gasteiger partial charge in [0.25, 0.3) is 0 Å². The first-order valence-electron chi connectivity index (χ1n) is 11.7. The maximum absolute atomic E-state index is 12.1. The van der Waals surface area contributed by atoms with Crippen LogP contribution >= 0.6 is 11.6 Å². The molecule has 5 nitrogen and oxygen atoms in total. The Morgan fingerprint density at radius 1 is 0.879 bits per heavy atom. The predicted molar refractivity (Wildman–Crippen MR) is 133 cm³/mol. The molecule has 0 aliphatic rings. The molecule has 170 valence electrons. The van der Waals surface area contributed by atoms with Crippen molar-refractivity contribution in [3.8, 4) is 5.95 Å². The second kappa shape index (κ2) is 11.7. The number of aromatic nitrogens is 4. The maximum atomic E-state index is 12.1. The molecule has 0 saturated carbocycles. The third-order valence-electron chi connectivity index (χ3n) is 5.94. The fourth-order valence-electron chi connectivity index (χ4n) is 4.18. The summed E-state index contributed by atoms with van der Waals surface area (Å²) in [5, 5.41) is 1.68. The van der Waals surface area contributed by atoms with Gasteiger partial charge in [-0.2, -0.15) is 0 Å². The summed E-state index contributed by atoms with van der Waals surface area (Å²) in [6.07, 6.45) is 16.1. The van der Waals surface area contributed by atoms with Crippen LogP contribution in [-0.4, -0.2) is 25.3 Å². The fourth-order valence-corrected chi connectivity index (χ4v) is 4.31. The second-order valence-electron chi connectivity index (χ2n) is 8.39. The number of hydrogen-bond acceptors (Lipinski definition) is 4. The van der Waals surface area contributed by atoms with E-state index >= 15 is 0 Å². The van der Waals surface area contributed by atoms with Crippen LogP contribution in [0.4, 0.5) is 0 Å². The van der Waals surface area contributed by atoms with Crippen LogP contribution in [0, 0.1) is 0 Å². The highest BCUT2D eigenvalue weighted by molar-refractivity contribution is 6.29. The van der Waals surface area contributed by atoms with Crippen molar-refractivity contribution in [3.05, 3.63) is 83.5 Å². The van der Waals surface area contributed by atoms with E-state index in [-0.39, 0.29) is 0 Å². The maximum Gasteiger partial charge on any atom is 0.235 e. The Morgan fingerprint density at radius 2 is 1.73 bits per heavy atom. The number of fused-ring (bicyclic) bond motifs is 1. The van der Waals surface area contributed by atoms with E-state index in [2.05, 4.69) is 39.3 Å². The van der Waals surface area contributed by atoms with Crippen molar-refractivity contribution < 1.29 is 4.79 Å². The molecule has 0 bridgehead atoms. The molecule has 1 aromatic carbocycles. The second-order valence-corrected chi connectivity index (χ2v) is 8.78. The number of benzene rings is 1. The van der Waals surface area contributed by atoms with Gasteiger partial charge in [-0.25, -0.2) is 9.97 Å². The van der Waals surface area contributed by atoms with E-state index in [0.29, 0.717) is 29.7 Å². The number of Topliss-reactive ketones (excluding diaryl/α,β-unsaturated/α-hetero) is 1. The molecular formula is C27H29ClN4O. The summed E-state index contributed by atoms with van der Waals surface area (Å²) >= 11 is 6.07. The minimum Gasteiger partial charge on any atom is -0.300 e. The van der Waals surface area contributed by atoms with Crippen LogP contribution in [0.1, 0.15) is 56.1 Å². The van der Waals surface area contributed by atoms with Crippen LogP contribution in [0.3, 0.4) is 0 Å². The highest BCUT2D eigenvalue weighted by Crippen LogP contribution is 2.25. The molecular weight excluding hydrogens is 432 g/mol. The molecule has 3 aromatic heterocycles. The van der Waals surface area contributed by atoms with Crippen LogP contribution in [0.15, 0.2) is 67.3 Å². The van der Waals surface area contributed by atoms with Gasteiger partial charge in [-0.15, -0.1) is 0 Å². The van der Waals surface area contributed by atoms with Crippen molar-refractivity contribution in [3.63, 3.8) is 0 Å². The monoisotopic (exact) mass is 460 g/mol. The van der Waals surface area contributed by atoms with Crippen molar-refractivity contribution in [2.75, 3.05) is 0 Å². The zero-order chi connectivity index (χ0) is 22.9. The molecule has 4 rings (SSSR count). The minimum atomic E-state index is 0.356. The number of rotatable bonds is 12. The number of halogens is 1. The SMILES string of the molecule is O=C(CCCCCCCc1cn(-c2nccc(Cl)n2)c2ccccc12)CCc1cccnc1. The molecule has 33 heavy (non-hydrogen) atoms. The Morgan fingerprint density at radius 3 is 2.58 bits per heavy atom. The van der Waals surface area contributed by atoms with Crippen LogP contribution in [-0.2, 0) is 17.6 Å². The van der Waals surface area contributed by atoms with E-state index in [1.807, 2.05) is 29.0 Å². The summed E-state index contributed by atoms with van der Waals surface area (Å²) < 4.78 is 2.02. The topological polar surface area (TPSA) is 60.7 Å². The molecule has 0 atom stereocenters. The molecule has 6 heteroatoms. The summed E-state index contributed by atoms with van der Waals surface area (Å²) in [6, 6.07) is 14.0. The Hall–Kier alpha value is -3.05. The minimum absolute atomic E-state index is 0.356. The molecule has 0 N–H and O–H groups in total. The average Bonchev–Trinajstić information content (AvgIpc) is 3.21. The summed E-state index contributed by atoms with van der Waals surface area (Å²) in [5.41, 5.74) is 3.54. The number of unbranched alkanes of at least 4 members (excludes halogenated alkanes) is 4. The molecule has 4 aromatic rings. The van der Waals surface area contributed by atoms with E-state index in [0.717, 1.165) is 56.0 Å². The number of aryl methyl sites for hydroxylation is 2. The van der Waals surface area contributed by atoms with Crippen LogP contribution in [0.25, 0.3) is 16.9 Å². The van der Waals surface area contributed by atoms with E-state index in [9.17, 15) is 4.79 Å². The Bertz CT molecular complexity index is 1190. The van der Waals surface area contributed by atoms with Crippen molar-refractivity contribution in [2.45, 2.75) is 57.8 Å². The highest BCUT2D eigenvalue weighted by Gasteiger charge is 2.11. The van der Waals surface area contributed by atoms with E-state index in [4.69, 9.17) is 11.6 Å². The number of nitrogens with zero attached hydrogens (tertiary/aromatic N) is 4. The van der Waals surface area contributed by atoms with Gasteiger partial charge in [0.2, 0.25) is 5.95 Å². The number of ketones is 1. The summed E-state index contributed by atoms with van der Waals surface area (Å²) in [5.74, 6) is 0.952. The van der Waals surface area contributed by atoms with Gasteiger partial charge < -0.3 is 0 Å². The third-order valence-corrected chi connectivity index (χ3v) is 6.15. The van der Waals surface area contributed by atoms with Crippen LogP contribution < -0.4 is 0 Å². The van der Waals surface area contributed by atoms with Gasteiger partial charge in [0.1, 0.15) is 10.9 Å². The van der Waals surface area contributed by atoms with Crippen molar-refractivity contribution in [1.29, 1.82) is 0 Å². The first-order chi connectivity index (χ1) is 16.2. The number of hydrogen-bond donors (Lipinski definition) is 0. The largest absolute Gasteiger partial charge is 0.300 e. The van der Waals surface area contributed by atoms with Crippen molar-refractivity contribution >= 4 is 28.3 Å². The van der Waals surface area contributed by atoms with E-state index in [1.165, 1.54) is 10.9 Å². The van der Waals surface area contributed by atoms with Crippen LogP contribution in [0.2, 0.25) is 5.15 Å². The highest BCUT2D eigenvalue weighted by atomic mass is 35.5. The lowest BCUT2D eigenvalue weighted by molar-refractivity contribution is -0.119. The number of carbonyl (C=O) groups excluding carboxylic acids is 1. The summed E-state index contributed by atoms with van der Waals surface area (Å²) in [4.78, 5) is 25.0. The van der Waals surface area contributed by atoms with Gasteiger partial charge in [-0.1, -0.05) is 55.1 Å². The normalized spacial score (nSPS) is 11.2. The van der Waals surface area contributed by atoms with Crippen LogP contribution in [0.5, 0.6) is 0 Å². The smallest absolute Gasteiger partial charge is 0.235 e. The lowest BCUT2D eigenvalue weighted by atomic mass is 10.0. The zero-order valence-electron chi connectivity index (χ0n) is 18.8. The summed E-state index contributed by atoms with van der Waals surface area (Å²) in [7, 11) is 0. The Balaban J connectivity index is 1.20. The quantitative estimate of drug-likeness (QED) is 0.177. The standard InChI is InChI=1S/C27H29ClN4O/c28-26-16-18-30-27(31-26)32-20-22(24-12-6-7-13-25(24)32)10-4-2-1-3-5-11-23(33)15-14-21-9-8-17-29-19-21/h6-9,12-13,16-20H,1-5,10-11,14-15H2. The van der Waals surface area contributed by atoms with Gasteiger partial charge >= 0.3 is 0 Å². The Kier molecular flexibility index (Phi) is 8.20. The molecule has 0 amide bonds. The Labute approximate surface area is 199 Å². The number of carbonyl (C=O) groups is 1. The molecule has 0 radical (unpaired) electrons. The average molecular weight is 461 g/mol. The molecule has 0 saturated heterocycles. The summed E-state index contributed by atoms with van der Waals surface area (Å²) in [6.45, 7) is 0. The third kappa shape index (κ3) is 6.48. The molecule has 0 unspecified atom stereocenters. The molecule has 0 aliphatic carbocycles. The van der Waals surface area contributed by atoms with Gasteiger partial charge in [-0.05, 0) is 55.0 Å². The molecule has 0 fully saturated rings. The first-order valence-corrected chi connectivity index (χ1v) is 12.1. The lowest BCUT2D eigenvalue weighted by Crippen LogP contribution is -2.00. The zero-order valence-corrected chi connectivity index (χ0v) is 19.5. The lowest BCUT2D eigenvalue weighted by Gasteiger charge is -2.03. The van der Waals surface area contributed by atoms with Crippen molar-refractivity contribution in [1.82, 2.24) is 19.5 Å². The van der Waals surface area contributed by atoms with E-state index in [1.54, 1.807) is 18.5 Å². The van der Waals surface area contributed by atoms with Gasteiger partial charge in [-0.3, -0.25) is 14.3 Å². The first kappa shape index (κ1) is 23.1. The number of para-hydroxylation sites is 1. The van der Waals surface area contributed by atoms with Gasteiger partial charge in [0, 0.05) is 43.0 Å².